The minimum atomic E-state index is -0.257. The van der Waals surface area contributed by atoms with Gasteiger partial charge in [0.05, 0.1) is 12.4 Å². The van der Waals surface area contributed by atoms with E-state index in [4.69, 9.17) is 9.47 Å². The van der Waals surface area contributed by atoms with Crippen LogP contribution in [0.4, 0.5) is 0 Å². The third-order valence-corrected chi connectivity index (χ3v) is 6.33. The number of hydrazone groups is 1. The highest BCUT2D eigenvalue weighted by atomic mass is 32.2. The molecule has 1 N–H and O–H groups in total. The summed E-state index contributed by atoms with van der Waals surface area (Å²) in [5, 5.41) is 9.34. The van der Waals surface area contributed by atoms with E-state index in [1.165, 1.54) is 0 Å². The van der Waals surface area contributed by atoms with Crippen LogP contribution in [0.2, 0.25) is 0 Å². The average Bonchev–Trinajstić information content (AvgIpc) is 3.22. The quantitative estimate of drug-likeness (QED) is 0.405. The molecule has 34 heavy (non-hydrogen) atoms. The number of hydrogen-bond donors (Lipinski definition) is 1. The Morgan fingerprint density at radius 2 is 1.88 bits per heavy atom. The molecule has 1 aliphatic heterocycles. The Hall–Kier alpha value is -2.71. The number of hydrogen-bond acceptors (Lipinski definition) is 7. The van der Waals surface area contributed by atoms with Crippen LogP contribution in [0.1, 0.15) is 41.4 Å². The average molecular weight is 485 g/mol. The van der Waals surface area contributed by atoms with E-state index in [0.29, 0.717) is 12.1 Å². The maximum absolute atomic E-state index is 12.3. The Labute approximate surface area is 207 Å². The number of benzene rings is 2. The maximum atomic E-state index is 12.3. The number of nitrogens with one attached hydrogen (secondary N) is 1. The second-order valence-electron chi connectivity index (χ2n) is 8.49. The lowest BCUT2D eigenvalue weighted by molar-refractivity contribution is 0.0772. The molecule has 2 aromatic rings. The van der Waals surface area contributed by atoms with Gasteiger partial charge in [-0.1, -0.05) is 30.3 Å². The number of carbonyl (C=O) groups excluding carboxylic acids is 1. The van der Waals surface area contributed by atoms with Gasteiger partial charge in [-0.05, 0) is 69.9 Å². The lowest BCUT2D eigenvalue weighted by atomic mass is 10.1. The van der Waals surface area contributed by atoms with Crippen molar-refractivity contribution in [2.24, 2.45) is 5.10 Å². The molecule has 0 aliphatic carbocycles. The van der Waals surface area contributed by atoms with Gasteiger partial charge in [-0.2, -0.15) is 11.8 Å². The van der Waals surface area contributed by atoms with E-state index in [0.717, 1.165) is 61.1 Å². The van der Waals surface area contributed by atoms with Crippen molar-refractivity contribution in [2.75, 3.05) is 52.3 Å². The summed E-state index contributed by atoms with van der Waals surface area (Å²) in [6.07, 6.45) is 2.78. The van der Waals surface area contributed by atoms with Crippen LogP contribution in [0.3, 0.4) is 0 Å². The first-order valence-electron chi connectivity index (χ1n) is 11.8. The van der Waals surface area contributed by atoms with E-state index in [9.17, 15) is 4.79 Å². The van der Waals surface area contributed by atoms with Crippen LogP contribution in [0, 0.1) is 0 Å². The van der Waals surface area contributed by atoms with Crippen molar-refractivity contribution in [3.63, 3.8) is 0 Å². The Morgan fingerprint density at radius 1 is 1.12 bits per heavy atom. The third kappa shape index (κ3) is 8.57. The van der Waals surface area contributed by atoms with Crippen LogP contribution in [0.25, 0.3) is 0 Å². The Balaban J connectivity index is 1.33. The van der Waals surface area contributed by atoms with E-state index in [1.807, 2.05) is 92.5 Å². The number of carbonyl (C=O) groups is 1. The number of rotatable bonds is 14. The highest BCUT2D eigenvalue weighted by Crippen LogP contribution is 2.28. The van der Waals surface area contributed by atoms with Crippen molar-refractivity contribution in [1.82, 2.24) is 15.2 Å². The third-order valence-electron chi connectivity index (χ3n) is 5.30. The van der Waals surface area contributed by atoms with Gasteiger partial charge < -0.3 is 19.7 Å². The molecule has 0 saturated carbocycles. The summed E-state index contributed by atoms with van der Waals surface area (Å²) in [5.74, 6) is 3.39. The fourth-order valence-electron chi connectivity index (χ4n) is 3.47. The number of ether oxygens (including phenoxy) is 2. The molecule has 0 aromatic heterocycles. The summed E-state index contributed by atoms with van der Waals surface area (Å²) in [6, 6.07) is 17.5. The monoisotopic (exact) mass is 484 g/mol. The predicted octanol–water partition coefficient (Wildman–Crippen LogP) is 4.23. The van der Waals surface area contributed by atoms with Crippen molar-refractivity contribution in [3.8, 4) is 5.75 Å². The molecule has 0 saturated heterocycles. The number of unbranched alkanes of at least 4 members (excludes halogenated alkanes) is 1. The number of thioether (sulfide) groups is 1. The van der Waals surface area contributed by atoms with Gasteiger partial charge in [0.2, 0.25) is 12.1 Å². The van der Waals surface area contributed by atoms with Crippen molar-refractivity contribution < 1.29 is 14.3 Å². The van der Waals surface area contributed by atoms with E-state index in [1.54, 1.807) is 0 Å². The van der Waals surface area contributed by atoms with Crippen LogP contribution >= 0.6 is 11.8 Å². The van der Waals surface area contributed by atoms with Gasteiger partial charge in [0.1, 0.15) is 5.75 Å². The zero-order valence-electron chi connectivity index (χ0n) is 20.4. The van der Waals surface area contributed by atoms with Gasteiger partial charge in [0.25, 0.3) is 5.91 Å². The summed E-state index contributed by atoms with van der Waals surface area (Å²) < 4.78 is 11.8. The van der Waals surface area contributed by atoms with Gasteiger partial charge in [-0.25, -0.2) is 0 Å². The molecule has 3 rings (SSSR count). The summed E-state index contributed by atoms with van der Waals surface area (Å²) >= 11 is 1.82. The first-order valence-corrected chi connectivity index (χ1v) is 12.9. The lowest BCUT2D eigenvalue weighted by Crippen LogP contribution is -2.27. The van der Waals surface area contributed by atoms with Gasteiger partial charge in [0.15, 0.2) is 0 Å². The minimum absolute atomic E-state index is 0.0477. The minimum Gasteiger partial charge on any atom is -0.494 e. The predicted molar refractivity (Wildman–Crippen MR) is 139 cm³/mol. The van der Waals surface area contributed by atoms with Gasteiger partial charge in [0, 0.05) is 24.7 Å². The molecule has 0 bridgehead atoms. The molecule has 0 spiro atoms. The van der Waals surface area contributed by atoms with Crippen LogP contribution in [-0.2, 0) is 4.74 Å². The molecule has 1 atom stereocenters. The van der Waals surface area contributed by atoms with E-state index in [-0.39, 0.29) is 12.1 Å². The largest absolute Gasteiger partial charge is 0.494 e. The molecule has 7 nitrogen and oxygen atoms in total. The first-order chi connectivity index (χ1) is 16.5. The van der Waals surface area contributed by atoms with Gasteiger partial charge >= 0.3 is 0 Å². The van der Waals surface area contributed by atoms with Crippen molar-refractivity contribution in [2.45, 2.75) is 25.5 Å². The molecule has 8 heteroatoms. The smallest absolute Gasteiger partial charge is 0.251 e. The fraction of sp³-hybridized carbons (Fsp3) is 0.462. The zero-order valence-corrected chi connectivity index (χ0v) is 21.2. The molecule has 1 aliphatic rings. The van der Waals surface area contributed by atoms with E-state index >= 15 is 0 Å². The van der Waals surface area contributed by atoms with Crippen LogP contribution in [-0.4, -0.2) is 74.1 Å². The maximum Gasteiger partial charge on any atom is 0.251 e. The molecule has 2 aromatic carbocycles. The fourth-order valence-corrected chi connectivity index (χ4v) is 4.33. The lowest BCUT2D eigenvalue weighted by Gasteiger charge is -2.18. The second-order valence-corrected chi connectivity index (χ2v) is 9.60. The highest BCUT2D eigenvalue weighted by Gasteiger charge is 2.26. The zero-order chi connectivity index (χ0) is 24.2. The van der Waals surface area contributed by atoms with E-state index in [2.05, 4.69) is 15.3 Å². The molecular formula is C26H36N4O3S. The molecular weight excluding hydrogens is 448 g/mol. The van der Waals surface area contributed by atoms with Crippen molar-refractivity contribution >= 4 is 23.6 Å². The standard InChI is InChI=1S/C26H36N4O3S/c1-29(2)17-9-16-27-25(31)21-12-14-22(15-13-21)26-30(3)28-24(33-26)20-34-19-8-7-18-32-23-10-5-4-6-11-23/h4-6,10-15,26H,7-9,16-20H2,1-3H3,(H,27,31). The second kappa shape index (κ2) is 13.9. The van der Waals surface area contributed by atoms with Gasteiger partial charge in [-0.15, -0.1) is 5.10 Å². The summed E-state index contributed by atoms with van der Waals surface area (Å²) in [7, 11) is 5.97. The molecule has 1 heterocycles. The Kier molecular flexibility index (Phi) is 10.6. The topological polar surface area (TPSA) is 66.4 Å². The SMILES string of the molecule is CN(C)CCCNC(=O)c1ccc(C2OC(CSCCCCOc3ccccc3)=NN2C)cc1. The Morgan fingerprint density at radius 3 is 2.62 bits per heavy atom. The van der Waals surface area contributed by atoms with Gasteiger partial charge in [-0.3, -0.25) is 9.80 Å². The molecule has 1 amide bonds. The normalized spacial score (nSPS) is 15.2. The van der Waals surface area contributed by atoms with E-state index < -0.39 is 0 Å². The molecule has 1 unspecified atom stereocenters. The van der Waals surface area contributed by atoms with Crippen molar-refractivity contribution in [1.29, 1.82) is 0 Å². The Bertz CT molecular complexity index is 906. The number of amides is 1. The molecule has 0 radical (unpaired) electrons. The van der Waals surface area contributed by atoms with Crippen molar-refractivity contribution in [3.05, 3.63) is 65.7 Å². The molecule has 0 fully saturated rings. The van der Waals surface area contributed by atoms with Crippen LogP contribution in [0.15, 0.2) is 59.7 Å². The van der Waals surface area contributed by atoms with Crippen LogP contribution < -0.4 is 10.1 Å². The molecule has 184 valence electrons. The number of para-hydroxylation sites is 1. The summed E-state index contributed by atoms with van der Waals surface area (Å²) in [4.78, 5) is 14.4. The summed E-state index contributed by atoms with van der Waals surface area (Å²) in [6.45, 7) is 2.35. The number of nitrogens with zero attached hydrogens (tertiary/aromatic N) is 3. The van der Waals surface area contributed by atoms with Crippen LogP contribution in [0.5, 0.6) is 5.75 Å². The summed E-state index contributed by atoms with van der Waals surface area (Å²) in [5.41, 5.74) is 1.63. The first kappa shape index (κ1) is 25.9. The highest BCUT2D eigenvalue weighted by molar-refractivity contribution is 7.99.